The first-order valence-electron chi connectivity index (χ1n) is 9.22. The summed E-state index contributed by atoms with van der Waals surface area (Å²) in [6.45, 7) is 1.10. The highest BCUT2D eigenvalue weighted by Gasteiger charge is 2.38. The zero-order chi connectivity index (χ0) is 19.0. The molecule has 2 unspecified atom stereocenters. The van der Waals surface area contributed by atoms with Crippen molar-refractivity contribution in [2.45, 2.75) is 37.4 Å². The van der Waals surface area contributed by atoms with E-state index in [1.165, 1.54) is 30.5 Å². The lowest BCUT2D eigenvalue weighted by Gasteiger charge is -2.10. The first-order chi connectivity index (χ1) is 12.9. The predicted octanol–water partition coefficient (Wildman–Crippen LogP) is 4.81. The summed E-state index contributed by atoms with van der Waals surface area (Å²) in [6, 6.07) is 12.5. The standard InChI is InChI=1S/C21H21F3N2O/c22-21(23,24)16-3-1-2-15(10-16)20(27)26-17-8-6-14(7-9-17)18-11-19(18)25-12-13-4-5-13/h1-3,6-10,13,18-19,25H,4-5,11-12H2,(H,26,27). The molecule has 0 spiro atoms. The van der Waals surface area contributed by atoms with Gasteiger partial charge in [0.15, 0.2) is 0 Å². The van der Waals surface area contributed by atoms with Crippen LogP contribution in [-0.4, -0.2) is 18.5 Å². The zero-order valence-electron chi connectivity index (χ0n) is 14.7. The topological polar surface area (TPSA) is 41.1 Å². The number of amides is 1. The van der Waals surface area contributed by atoms with Gasteiger partial charge in [0.25, 0.3) is 5.91 Å². The highest BCUT2D eigenvalue weighted by atomic mass is 19.4. The smallest absolute Gasteiger partial charge is 0.322 e. The summed E-state index contributed by atoms with van der Waals surface area (Å²) >= 11 is 0. The number of carbonyl (C=O) groups excluding carboxylic acids is 1. The highest BCUT2D eigenvalue weighted by molar-refractivity contribution is 6.04. The average molecular weight is 374 g/mol. The second-order valence-corrected chi connectivity index (χ2v) is 7.46. The van der Waals surface area contributed by atoms with E-state index in [0.29, 0.717) is 17.6 Å². The molecule has 2 N–H and O–H groups in total. The molecular weight excluding hydrogens is 353 g/mol. The molecule has 2 aliphatic carbocycles. The van der Waals surface area contributed by atoms with Gasteiger partial charge in [-0.25, -0.2) is 0 Å². The summed E-state index contributed by atoms with van der Waals surface area (Å²) in [5, 5.41) is 6.25. The molecule has 2 atom stereocenters. The number of carbonyl (C=O) groups is 1. The Kier molecular flexibility index (Phi) is 4.68. The van der Waals surface area contributed by atoms with Crippen LogP contribution in [0.15, 0.2) is 48.5 Å². The monoisotopic (exact) mass is 374 g/mol. The van der Waals surface area contributed by atoms with Crippen LogP contribution in [0.1, 0.15) is 46.7 Å². The fraction of sp³-hybridized carbons (Fsp3) is 0.381. The molecule has 2 fully saturated rings. The van der Waals surface area contributed by atoms with E-state index in [1.807, 2.05) is 12.1 Å². The molecule has 2 saturated carbocycles. The molecule has 0 bridgehead atoms. The summed E-state index contributed by atoms with van der Waals surface area (Å²) in [6.07, 6.45) is -0.662. The predicted molar refractivity (Wildman–Crippen MR) is 97.7 cm³/mol. The van der Waals surface area contributed by atoms with E-state index in [-0.39, 0.29) is 5.56 Å². The second kappa shape index (κ2) is 7.00. The average Bonchev–Trinajstić information content (AvgIpc) is 3.54. The summed E-state index contributed by atoms with van der Waals surface area (Å²) in [7, 11) is 0. The fourth-order valence-electron chi connectivity index (χ4n) is 3.28. The summed E-state index contributed by atoms with van der Waals surface area (Å²) in [5.74, 6) is 0.820. The molecule has 3 nitrogen and oxygen atoms in total. The maximum Gasteiger partial charge on any atom is 0.416 e. The first kappa shape index (κ1) is 18.0. The van der Waals surface area contributed by atoms with Crippen LogP contribution in [-0.2, 0) is 6.18 Å². The van der Waals surface area contributed by atoms with Crippen LogP contribution >= 0.6 is 0 Å². The van der Waals surface area contributed by atoms with Gasteiger partial charge in [-0.05, 0) is 67.6 Å². The van der Waals surface area contributed by atoms with Gasteiger partial charge in [0.05, 0.1) is 5.56 Å². The fourth-order valence-corrected chi connectivity index (χ4v) is 3.28. The van der Waals surface area contributed by atoms with Gasteiger partial charge in [-0.15, -0.1) is 0 Å². The number of nitrogens with one attached hydrogen (secondary N) is 2. The van der Waals surface area contributed by atoms with Crippen LogP contribution in [0.5, 0.6) is 0 Å². The van der Waals surface area contributed by atoms with Crippen molar-refractivity contribution < 1.29 is 18.0 Å². The van der Waals surface area contributed by atoms with Gasteiger partial charge < -0.3 is 10.6 Å². The molecule has 27 heavy (non-hydrogen) atoms. The third-order valence-corrected chi connectivity index (χ3v) is 5.20. The molecule has 1 amide bonds. The van der Waals surface area contributed by atoms with Crippen molar-refractivity contribution in [2.75, 3.05) is 11.9 Å². The lowest BCUT2D eigenvalue weighted by Crippen LogP contribution is -2.20. The number of benzene rings is 2. The SMILES string of the molecule is O=C(Nc1ccc(C2CC2NCC2CC2)cc1)c1cccc(C(F)(F)F)c1. The number of hydrogen-bond donors (Lipinski definition) is 2. The molecule has 2 aromatic rings. The normalized spacial score (nSPS) is 21.7. The molecule has 0 saturated heterocycles. The molecule has 6 heteroatoms. The zero-order valence-corrected chi connectivity index (χ0v) is 14.7. The molecule has 2 aliphatic rings. The van der Waals surface area contributed by atoms with E-state index in [4.69, 9.17) is 0 Å². The van der Waals surface area contributed by atoms with E-state index in [2.05, 4.69) is 10.6 Å². The maximum atomic E-state index is 12.8. The van der Waals surface area contributed by atoms with Gasteiger partial charge in [0.1, 0.15) is 0 Å². The van der Waals surface area contributed by atoms with Gasteiger partial charge in [-0.3, -0.25) is 4.79 Å². The summed E-state index contributed by atoms with van der Waals surface area (Å²) < 4.78 is 38.3. The van der Waals surface area contributed by atoms with Gasteiger partial charge in [0.2, 0.25) is 0 Å². The van der Waals surface area contributed by atoms with Crippen molar-refractivity contribution in [1.82, 2.24) is 5.32 Å². The largest absolute Gasteiger partial charge is 0.416 e. The molecular formula is C21H21F3N2O. The van der Waals surface area contributed by atoms with Crippen molar-refractivity contribution in [3.63, 3.8) is 0 Å². The minimum absolute atomic E-state index is 0.0135. The van der Waals surface area contributed by atoms with Crippen molar-refractivity contribution in [3.05, 3.63) is 65.2 Å². The van der Waals surface area contributed by atoms with E-state index >= 15 is 0 Å². The number of halogens is 3. The number of alkyl halides is 3. The Balaban J connectivity index is 1.35. The number of anilines is 1. The van der Waals surface area contributed by atoms with E-state index in [1.54, 1.807) is 12.1 Å². The van der Waals surface area contributed by atoms with Crippen LogP contribution in [0, 0.1) is 5.92 Å². The Morgan fingerprint density at radius 2 is 1.81 bits per heavy atom. The molecule has 142 valence electrons. The van der Waals surface area contributed by atoms with Gasteiger partial charge in [0, 0.05) is 23.2 Å². The highest BCUT2D eigenvalue weighted by Crippen LogP contribution is 2.42. The Morgan fingerprint density at radius 3 is 2.48 bits per heavy atom. The van der Waals surface area contributed by atoms with E-state index in [9.17, 15) is 18.0 Å². The molecule has 2 aromatic carbocycles. The quantitative estimate of drug-likeness (QED) is 0.762. The van der Waals surface area contributed by atoms with Crippen molar-refractivity contribution in [3.8, 4) is 0 Å². The summed E-state index contributed by atoms with van der Waals surface area (Å²) in [4.78, 5) is 12.2. The number of rotatable bonds is 6. The van der Waals surface area contributed by atoms with E-state index < -0.39 is 17.6 Å². The number of hydrogen-bond acceptors (Lipinski definition) is 2. The lowest BCUT2D eigenvalue weighted by molar-refractivity contribution is -0.137. The molecule has 4 rings (SSSR count). The van der Waals surface area contributed by atoms with Crippen LogP contribution in [0.25, 0.3) is 0 Å². The van der Waals surface area contributed by atoms with Crippen LogP contribution in [0.2, 0.25) is 0 Å². The maximum absolute atomic E-state index is 12.8. The van der Waals surface area contributed by atoms with E-state index in [0.717, 1.165) is 31.0 Å². The third kappa shape index (κ3) is 4.50. The van der Waals surface area contributed by atoms with Crippen LogP contribution < -0.4 is 10.6 Å². The van der Waals surface area contributed by atoms with Gasteiger partial charge in [-0.1, -0.05) is 18.2 Å². The van der Waals surface area contributed by atoms with Crippen molar-refractivity contribution in [2.24, 2.45) is 5.92 Å². The molecule has 0 aromatic heterocycles. The summed E-state index contributed by atoms with van der Waals surface area (Å²) in [5.41, 5.74) is 0.953. The lowest BCUT2D eigenvalue weighted by atomic mass is 10.1. The van der Waals surface area contributed by atoms with Crippen molar-refractivity contribution in [1.29, 1.82) is 0 Å². The van der Waals surface area contributed by atoms with Crippen LogP contribution in [0.3, 0.4) is 0 Å². The molecule has 0 radical (unpaired) electrons. The Hall–Kier alpha value is -2.34. The van der Waals surface area contributed by atoms with Crippen molar-refractivity contribution >= 4 is 11.6 Å². The second-order valence-electron chi connectivity index (χ2n) is 7.46. The Morgan fingerprint density at radius 1 is 1.07 bits per heavy atom. The minimum atomic E-state index is -4.47. The van der Waals surface area contributed by atoms with Gasteiger partial charge >= 0.3 is 6.18 Å². The molecule has 0 aliphatic heterocycles. The van der Waals surface area contributed by atoms with Crippen LogP contribution in [0.4, 0.5) is 18.9 Å². The third-order valence-electron chi connectivity index (χ3n) is 5.20. The minimum Gasteiger partial charge on any atom is -0.322 e. The Bertz CT molecular complexity index is 828. The first-order valence-corrected chi connectivity index (χ1v) is 9.22. The van der Waals surface area contributed by atoms with Gasteiger partial charge in [-0.2, -0.15) is 13.2 Å². The Labute approximate surface area is 156 Å². The molecule has 0 heterocycles.